The summed E-state index contributed by atoms with van der Waals surface area (Å²) in [5.41, 5.74) is -0.601. The zero-order valence-electron chi connectivity index (χ0n) is 8.76. The van der Waals surface area contributed by atoms with Crippen molar-refractivity contribution >= 4 is 5.91 Å². The van der Waals surface area contributed by atoms with E-state index in [4.69, 9.17) is 6.42 Å². The largest absolute Gasteiger partial charge is 0.338 e. The van der Waals surface area contributed by atoms with Crippen LogP contribution in [0.15, 0.2) is 18.2 Å². The molecule has 0 saturated heterocycles. The lowest BCUT2D eigenvalue weighted by Crippen LogP contribution is -2.34. The average Bonchev–Trinajstić information content (AvgIpc) is 2.25. The molecule has 0 aliphatic carbocycles. The van der Waals surface area contributed by atoms with E-state index < -0.39 is 29.1 Å². The minimum absolute atomic E-state index is 0.498. The molecule has 1 unspecified atom stereocenters. The lowest BCUT2D eigenvalue weighted by molar-refractivity contribution is 0.0936. The number of amides is 1. The van der Waals surface area contributed by atoms with Crippen molar-refractivity contribution in [2.75, 3.05) is 0 Å². The number of hydrogen-bond acceptors (Lipinski definition) is 1. The predicted molar refractivity (Wildman–Crippen MR) is 56.7 cm³/mol. The molecule has 1 amide bonds. The molecule has 1 aromatic rings. The maximum absolute atomic E-state index is 13.2. The summed E-state index contributed by atoms with van der Waals surface area (Å²) in [5.74, 6) is -0.316. The maximum atomic E-state index is 13.2. The number of carbonyl (C=O) groups is 1. The Morgan fingerprint density at radius 1 is 1.50 bits per heavy atom. The van der Waals surface area contributed by atoms with Crippen molar-refractivity contribution in [1.82, 2.24) is 5.32 Å². The Labute approximate surface area is 92.7 Å². The van der Waals surface area contributed by atoms with Crippen LogP contribution < -0.4 is 5.32 Å². The molecule has 0 aliphatic rings. The standard InChI is InChI=1S/C12H11F2NO/c1-3-8(4-2)15-12(16)11-9(13)6-5-7-10(11)14/h1,5-8H,4H2,2H3,(H,15,16). The molecule has 1 N–H and O–H groups in total. The lowest BCUT2D eigenvalue weighted by Gasteiger charge is -2.11. The van der Waals surface area contributed by atoms with E-state index in [0.717, 1.165) is 12.1 Å². The number of nitrogens with one attached hydrogen (secondary N) is 1. The zero-order valence-corrected chi connectivity index (χ0v) is 8.76. The summed E-state index contributed by atoms with van der Waals surface area (Å²) in [6.07, 6.45) is 5.63. The molecule has 0 radical (unpaired) electrons. The molecule has 0 saturated carbocycles. The SMILES string of the molecule is C#CC(CC)NC(=O)c1c(F)cccc1F. The van der Waals surface area contributed by atoms with Crippen molar-refractivity contribution in [3.05, 3.63) is 35.4 Å². The Bertz CT molecular complexity index is 417. The van der Waals surface area contributed by atoms with Crippen LogP contribution in [0, 0.1) is 24.0 Å². The quantitative estimate of drug-likeness (QED) is 0.781. The summed E-state index contributed by atoms with van der Waals surface area (Å²) in [6.45, 7) is 1.77. The van der Waals surface area contributed by atoms with Gasteiger partial charge in [0.25, 0.3) is 5.91 Å². The third kappa shape index (κ3) is 2.57. The lowest BCUT2D eigenvalue weighted by atomic mass is 10.1. The highest BCUT2D eigenvalue weighted by Gasteiger charge is 2.18. The highest BCUT2D eigenvalue weighted by molar-refractivity contribution is 5.95. The highest BCUT2D eigenvalue weighted by Crippen LogP contribution is 2.12. The number of carbonyl (C=O) groups excluding carboxylic acids is 1. The van der Waals surface area contributed by atoms with Crippen molar-refractivity contribution in [1.29, 1.82) is 0 Å². The van der Waals surface area contributed by atoms with Gasteiger partial charge in [0.15, 0.2) is 0 Å². The Hall–Kier alpha value is -1.89. The summed E-state index contributed by atoms with van der Waals surface area (Å²) in [7, 11) is 0. The zero-order chi connectivity index (χ0) is 12.1. The van der Waals surface area contributed by atoms with Crippen molar-refractivity contribution < 1.29 is 13.6 Å². The fourth-order valence-electron chi connectivity index (χ4n) is 1.21. The van der Waals surface area contributed by atoms with Gasteiger partial charge in [-0.2, -0.15) is 0 Å². The second-order valence-corrected chi connectivity index (χ2v) is 3.20. The molecule has 2 nitrogen and oxygen atoms in total. The molecular formula is C12H11F2NO. The third-order valence-electron chi connectivity index (χ3n) is 2.10. The van der Waals surface area contributed by atoms with E-state index in [1.807, 2.05) is 0 Å². The monoisotopic (exact) mass is 223 g/mol. The second-order valence-electron chi connectivity index (χ2n) is 3.20. The molecule has 1 aromatic carbocycles. The first-order valence-electron chi connectivity index (χ1n) is 4.81. The van der Waals surface area contributed by atoms with Gasteiger partial charge >= 0.3 is 0 Å². The first kappa shape index (κ1) is 12.2. The Balaban J connectivity index is 2.94. The Morgan fingerprint density at radius 2 is 2.06 bits per heavy atom. The number of halogens is 2. The molecule has 0 spiro atoms. The van der Waals surface area contributed by atoms with Crippen LogP contribution in [0.1, 0.15) is 23.7 Å². The van der Waals surface area contributed by atoms with Gasteiger partial charge in [0, 0.05) is 0 Å². The predicted octanol–water partition coefficient (Wildman–Crippen LogP) is 2.11. The van der Waals surface area contributed by atoms with Gasteiger partial charge in [0.1, 0.15) is 17.2 Å². The van der Waals surface area contributed by atoms with Gasteiger partial charge in [-0.05, 0) is 18.6 Å². The van der Waals surface area contributed by atoms with Crippen molar-refractivity contribution in [3.8, 4) is 12.3 Å². The van der Waals surface area contributed by atoms with Crippen LogP contribution in [0.4, 0.5) is 8.78 Å². The third-order valence-corrected chi connectivity index (χ3v) is 2.10. The molecule has 0 aliphatic heterocycles. The van der Waals surface area contributed by atoms with Gasteiger partial charge in [-0.15, -0.1) is 6.42 Å². The summed E-state index contributed by atoms with van der Waals surface area (Å²) in [4.78, 5) is 11.5. The number of rotatable bonds is 3. The summed E-state index contributed by atoms with van der Waals surface area (Å²) in [6, 6.07) is 2.72. The second kappa shape index (κ2) is 5.26. The van der Waals surface area contributed by atoms with E-state index in [1.54, 1.807) is 6.92 Å². The van der Waals surface area contributed by atoms with Gasteiger partial charge < -0.3 is 5.32 Å². The molecule has 4 heteroatoms. The smallest absolute Gasteiger partial charge is 0.258 e. The van der Waals surface area contributed by atoms with E-state index in [1.165, 1.54) is 6.07 Å². The van der Waals surface area contributed by atoms with Crippen LogP contribution >= 0.6 is 0 Å². The number of terminal acetylenes is 1. The van der Waals surface area contributed by atoms with Gasteiger partial charge in [0.2, 0.25) is 0 Å². The average molecular weight is 223 g/mol. The molecule has 0 fully saturated rings. The Kier molecular flexibility index (Phi) is 4.01. The van der Waals surface area contributed by atoms with Gasteiger partial charge in [-0.3, -0.25) is 4.79 Å². The summed E-state index contributed by atoms with van der Waals surface area (Å²) >= 11 is 0. The van der Waals surface area contributed by atoms with Crippen molar-refractivity contribution in [2.45, 2.75) is 19.4 Å². The van der Waals surface area contributed by atoms with E-state index in [9.17, 15) is 13.6 Å². The van der Waals surface area contributed by atoms with Crippen molar-refractivity contribution in [3.63, 3.8) is 0 Å². The van der Waals surface area contributed by atoms with Crippen LogP contribution in [0.5, 0.6) is 0 Å². The summed E-state index contributed by atoms with van der Waals surface area (Å²) in [5, 5.41) is 2.36. The minimum Gasteiger partial charge on any atom is -0.338 e. The molecule has 1 rings (SSSR count). The fourth-order valence-corrected chi connectivity index (χ4v) is 1.21. The van der Waals surface area contributed by atoms with Crippen LogP contribution in [-0.2, 0) is 0 Å². The molecule has 0 aromatic heterocycles. The van der Waals surface area contributed by atoms with E-state index in [-0.39, 0.29) is 0 Å². The van der Waals surface area contributed by atoms with Crippen LogP contribution in [0.25, 0.3) is 0 Å². The van der Waals surface area contributed by atoms with Crippen molar-refractivity contribution in [2.24, 2.45) is 0 Å². The van der Waals surface area contributed by atoms with Gasteiger partial charge in [0.05, 0.1) is 6.04 Å². The minimum atomic E-state index is -0.899. The van der Waals surface area contributed by atoms with Crippen LogP contribution in [0.2, 0.25) is 0 Å². The van der Waals surface area contributed by atoms with E-state index in [2.05, 4.69) is 11.2 Å². The summed E-state index contributed by atoms with van der Waals surface area (Å²) < 4.78 is 26.4. The first-order chi connectivity index (χ1) is 7.60. The van der Waals surface area contributed by atoms with E-state index >= 15 is 0 Å². The maximum Gasteiger partial charge on any atom is 0.258 e. The first-order valence-corrected chi connectivity index (χ1v) is 4.81. The molecule has 0 bridgehead atoms. The van der Waals surface area contributed by atoms with Gasteiger partial charge in [-0.1, -0.05) is 18.9 Å². The normalized spacial score (nSPS) is 11.6. The van der Waals surface area contributed by atoms with Gasteiger partial charge in [-0.25, -0.2) is 8.78 Å². The molecule has 16 heavy (non-hydrogen) atoms. The van der Waals surface area contributed by atoms with E-state index in [0.29, 0.717) is 6.42 Å². The molecule has 84 valence electrons. The molecule has 1 atom stereocenters. The molecular weight excluding hydrogens is 212 g/mol. The fraction of sp³-hybridized carbons (Fsp3) is 0.250. The Morgan fingerprint density at radius 3 is 2.50 bits per heavy atom. The highest BCUT2D eigenvalue weighted by atomic mass is 19.1. The number of hydrogen-bond donors (Lipinski definition) is 1. The van der Waals surface area contributed by atoms with Crippen LogP contribution in [0.3, 0.4) is 0 Å². The topological polar surface area (TPSA) is 29.1 Å². The number of benzene rings is 1. The molecule has 0 heterocycles. The van der Waals surface area contributed by atoms with Crippen LogP contribution in [-0.4, -0.2) is 11.9 Å².